The standard InChI is InChI=1S/C16H16F2O3/c1-20-13-7-6-11(9-14(13)21-2)15(19)10-4-3-5-12(8-10)16(17)18/h3-9,15-16,19H,1-2H3. The van der Waals surface area contributed by atoms with E-state index in [0.717, 1.165) is 0 Å². The fourth-order valence-electron chi connectivity index (χ4n) is 2.08. The highest BCUT2D eigenvalue weighted by Crippen LogP contribution is 2.33. The van der Waals surface area contributed by atoms with Gasteiger partial charge < -0.3 is 14.6 Å². The minimum atomic E-state index is -2.57. The van der Waals surface area contributed by atoms with Crippen molar-refractivity contribution in [1.82, 2.24) is 0 Å². The van der Waals surface area contributed by atoms with E-state index in [1.807, 2.05) is 0 Å². The first-order chi connectivity index (χ1) is 10.1. The average molecular weight is 294 g/mol. The lowest BCUT2D eigenvalue weighted by Gasteiger charge is -2.15. The molecule has 0 radical (unpaired) electrons. The largest absolute Gasteiger partial charge is 0.493 e. The summed E-state index contributed by atoms with van der Waals surface area (Å²) in [4.78, 5) is 0. The van der Waals surface area contributed by atoms with Crippen molar-refractivity contribution in [1.29, 1.82) is 0 Å². The molecule has 0 amide bonds. The van der Waals surface area contributed by atoms with Gasteiger partial charge in [-0.25, -0.2) is 8.78 Å². The minimum Gasteiger partial charge on any atom is -0.493 e. The third-order valence-electron chi connectivity index (χ3n) is 3.20. The molecule has 21 heavy (non-hydrogen) atoms. The number of hydrogen-bond donors (Lipinski definition) is 1. The molecule has 5 heteroatoms. The molecule has 2 aromatic carbocycles. The molecule has 1 N–H and O–H groups in total. The Kier molecular flexibility index (Phi) is 4.75. The molecule has 0 fully saturated rings. The Labute approximate surface area is 121 Å². The van der Waals surface area contributed by atoms with E-state index in [1.165, 1.54) is 32.4 Å². The number of methoxy groups -OCH3 is 2. The Morgan fingerprint density at radius 2 is 1.48 bits per heavy atom. The molecule has 0 spiro atoms. The number of alkyl halides is 2. The molecule has 0 aliphatic heterocycles. The second-order valence-electron chi connectivity index (χ2n) is 4.49. The van der Waals surface area contributed by atoms with E-state index in [0.29, 0.717) is 22.6 Å². The van der Waals surface area contributed by atoms with Crippen LogP contribution in [0.4, 0.5) is 8.78 Å². The van der Waals surface area contributed by atoms with E-state index in [9.17, 15) is 13.9 Å². The van der Waals surface area contributed by atoms with Crippen molar-refractivity contribution in [3.05, 3.63) is 59.2 Å². The molecule has 0 saturated heterocycles. The maximum atomic E-state index is 12.7. The van der Waals surface area contributed by atoms with Gasteiger partial charge in [-0.1, -0.05) is 24.3 Å². The van der Waals surface area contributed by atoms with E-state index in [1.54, 1.807) is 24.3 Å². The summed E-state index contributed by atoms with van der Waals surface area (Å²) in [6.07, 6.45) is -3.58. The van der Waals surface area contributed by atoms with Gasteiger partial charge in [0, 0.05) is 5.56 Å². The SMILES string of the molecule is COc1ccc(C(O)c2cccc(C(F)F)c2)cc1OC. The third kappa shape index (κ3) is 3.31. The van der Waals surface area contributed by atoms with Crippen molar-refractivity contribution < 1.29 is 23.4 Å². The number of benzene rings is 2. The maximum absolute atomic E-state index is 12.7. The highest BCUT2D eigenvalue weighted by Gasteiger charge is 2.16. The minimum absolute atomic E-state index is 0.118. The Bertz CT molecular complexity index is 614. The summed E-state index contributed by atoms with van der Waals surface area (Å²) < 4.78 is 35.7. The molecular formula is C16H16F2O3. The summed E-state index contributed by atoms with van der Waals surface area (Å²) >= 11 is 0. The molecule has 0 aliphatic carbocycles. The first kappa shape index (κ1) is 15.3. The lowest BCUT2D eigenvalue weighted by atomic mass is 9.99. The van der Waals surface area contributed by atoms with Crippen molar-refractivity contribution in [2.24, 2.45) is 0 Å². The van der Waals surface area contributed by atoms with Crippen LogP contribution in [0.3, 0.4) is 0 Å². The van der Waals surface area contributed by atoms with Crippen LogP contribution in [0.2, 0.25) is 0 Å². The van der Waals surface area contributed by atoms with Gasteiger partial charge in [0.05, 0.1) is 14.2 Å². The Hall–Kier alpha value is -2.14. The predicted molar refractivity (Wildman–Crippen MR) is 75.0 cm³/mol. The highest BCUT2D eigenvalue weighted by molar-refractivity contribution is 5.45. The van der Waals surface area contributed by atoms with Crippen molar-refractivity contribution in [2.75, 3.05) is 14.2 Å². The van der Waals surface area contributed by atoms with Crippen LogP contribution in [0.15, 0.2) is 42.5 Å². The summed E-state index contributed by atoms with van der Waals surface area (Å²) in [5, 5.41) is 10.3. The van der Waals surface area contributed by atoms with Crippen LogP contribution in [-0.4, -0.2) is 19.3 Å². The zero-order valence-corrected chi connectivity index (χ0v) is 11.7. The summed E-state index contributed by atoms with van der Waals surface area (Å²) in [7, 11) is 3.01. The van der Waals surface area contributed by atoms with Crippen molar-refractivity contribution in [2.45, 2.75) is 12.5 Å². The monoisotopic (exact) mass is 294 g/mol. The quantitative estimate of drug-likeness (QED) is 0.913. The fourth-order valence-corrected chi connectivity index (χ4v) is 2.08. The Morgan fingerprint density at radius 1 is 0.857 bits per heavy atom. The molecule has 0 bridgehead atoms. The van der Waals surface area contributed by atoms with Gasteiger partial charge in [0.15, 0.2) is 11.5 Å². The van der Waals surface area contributed by atoms with Crippen molar-refractivity contribution in [3.63, 3.8) is 0 Å². The van der Waals surface area contributed by atoms with Crippen LogP contribution < -0.4 is 9.47 Å². The molecule has 2 aromatic rings. The second-order valence-corrected chi connectivity index (χ2v) is 4.49. The molecule has 112 valence electrons. The number of aliphatic hydroxyl groups is 1. The zero-order chi connectivity index (χ0) is 15.4. The summed E-state index contributed by atoms with van der Waals surface area (Å²) in [5.74, 6) is 1.01. The van der Waals surface area contributed by atoms with Crippen LogP contribution in [0, 0.1) is 0 Å². The fraction of sp³-hybridized carbons (Fsp3) is 0.250. The third-order valence-corrected chi connectivity index (χ3v) is 3.20. The summed E-state index contributed by atoms with van der Waals surface area (Å²) in [5.41, 5.74) is 0.825. The lowest BCUT2D eigenvalue weighted by molar-refractivity contribution is 0.150. The van der Waals surface area contributed by atoms with Crippen LogP contribution in [0.1, 0.15) is 29.2 Å². The van der Waals surface area contributed by atoms with Gasteiger partial charge in [-0.15, -0.1) is 0 Å². The molecule has 1 atom stereocenters. The molecule has 2 rings (SSSR count). The van der Waals surface area contributed by atoms with Crippen molar-refractivity contribution in [3.8, 4) is 11.5 Å². The van der Waals surface area contributed by atoms with E-state index < -0.39 is 12.5 Å². The Balaban J connectivity index is 2.35. The second kappa shape index (κ2) is 6.54. The Morgan fingerprint density at radius 3 is 2.10 bits per heavy atom. The van der Waals surface area contributed by atoms with E-state index in [-0.39, 0.29) is 5.56 Å². The van der Waals surface area contributed by atoms with Gasteiger partial charge in [-0.2, -0.15) is 0 Å². The van der Waals surface area contributed by atoms with E-state index >= 15 is 0 Å². The topological polar surface area (TPSA) is 38.7 Å². The first-order valence-corrected chi connectivity index (χ1v) is 6.34. The smallest absolute Gasteiger partial charge is 0.263 e. The number of ether oxygens (including phenoxy) is 2. The van der Waals surface area contributed by atoms with Gasteiger partial charge >= 0.3 is 0 Å². The zero-order valence-electron chi connectivity index (χ0n) is 11.7. The maximum Gasteiger partial charge on any atom is 0.263 e. The van der Waals surface area contributed by atoms with Crippen LogP contribution >= 0.6 is 0 Å². The lowest BCUT2D eigenvalue weighted by Crippen LogP contribution is -2.02. The average Bonchev–Trinajstić information content (AvgIpc) is 2.53. The van der Waals surface area contributed by atoms with Gasteiger partial charge in [-0.05, 0) is 29.3 Å². The molecule has 0 heterocycles. The van der Waals surface area contributed by atoms with Gasteiger partial charge in [0.2, 0.25) is 0 Å². The van der Waals surface area contributed by atoms with Gasteiger partial charge in [0.25, 0.3) is 6.43 Å². The van der Waals surface area contributed by atoms with Crippen molar-refractivity contribution >= 4 is 0 Å². The number of rotatable bonds is 5. The normalized spacial score (nSPS) is 12.3. The molecule has 0 saturated carbocycles. The molecular weight excluding hydrogens is 278 g/mol. The molecule has 0 aromatic heterocycles. The number of aliphatic hydroxyl groups excluding tert-OH is 1. The van der Waals surface area contributed by atoms with E-state index in [4.69, 9.17) is 9.47 Å². The molecule has 0 aliphatic rings. The van der Waals surface area contributed by atoms with Crippen LogP contribution in [0.5, 0.6) is 11.5 Å². The van der Waals surface area contributed by atoms with Gasteiger partial charge in [0.1, 0.15) is 6.10 Å². The first-order valence-electron chi connectivity index (χ1n) is 6.34. The van der Waals surface area contributed by atoms with Crippen LogP contribution in [0.25, 0.3) is 0 Å². The summed E-state index contributed by atoms with van der Waals surface area (Å²) in [6, 6.07) is 10.7. The molecule has 3 nitrogen and oxygen atoms in total. The predicted octanol–water partition coefficient (Wildman–Crippen LogP) is 3.72. The van der Waals surface area contributed by atoms with Crippen LogP contribution in [-0.2, 0) is 0 Å². The number of halogens is 2. The summed E-state index contributed by atoms with van der Waals surface area (Å²) in [6.45, 7) is 0. The number of hydrogen-bond acceptors (Lipinski definition) is 3. The van der Waals surface area contributed by atoms with E-state index in [2.05, 4.69) is 0 Å². The van der Waals surface area contributed by atoms with Gasteiger partial charge in [-0.3, -0.25) is 0 Å². The molecule has 1 unspecified atom stereocenters. The highest BCUT2D eigenvalue weighted by atomic mass is 19.3.